The number of hydrogen-bond acceptors (Lipinski definition) is 3. The fourth-order valence-corrected chi connectivity index (χ4v) is 2.93. The number of ether oxygens (including phenoxy) is 2. The Bertz CT molecular complexity index is 569. The molecule has 0 spiro atoms. The molecule has 1 unspecified atom stereocenters. The Morgan fingerprint density at radius 1 is 1.20 bits per heavy atom. The van der Waals surface area contributed by atoms with Crippen molar-refractivity contribution >= 4 is 5.97 Å². The molecule has 0 fully saturated rings. The summed E-state index contributed by atoms with van der Waals surface area (Å²) in [7, 11) is 1.38. The predicted octanol–water partition coefficient (Wildman–Crippen LogP) is 3.69. The number of rotatable bonds is 2. The molecular weight excluding hydrogens is 252 g/mol. The molecule has 1 aliphatic heterocycles. The van der Waals surface area contributed by atoms with Gasteiger partial charge in [0.1, 0.15) is 5.76 Å². The van der Waals surface area contributed by atoms with Crippen molar-refractivity contribution in [3.63, 3.8) is 0 Å². The Morgan fingerprint density at radius 2 is 1.95 bits per heavy atom. The molecule has 1 aromatic carbocycles. The molecule has 0 amide bonds. The molecule has 0 saturated carbocycles. The standard InChI is InChI=1S/C17H18O3/c1-19-17(18)16-11-14(12-7-3-2-4-8-12)13-9-5-6-10-15(13)20-16/h2-4,7-8,11,14H,5-6,9-10H2,1H3. The summed E-state index contributed by atoms with van der Waals surface area (Å²) in [5.41, 5.74) is 2.52. The minimum absolute atomic E-state index is 0.134. The van der Waals surface area contributed by atoms with E-state index in [4.69, 9.17) is 9.47 Å². The molecule has 20 heavy (non-hydrogen) atoms. The summed E-state index contributed by atoms with van der Waals surface area (Å²) < 4.78 is 10.6. The molecule has 1 aliphatic carbocycles. The number of benzene rings is 1. The highest BCUT2D eigenvalue weighted by molar-refractivity contribution is 5.87. The molecule has 3 heteroatoms. The summed E-state index contributed by atoms with van der Waals surface area (Å²) >= 11 is 0. The fraction of sp³-hybridized carbons (Fsp3) is 0.353. The average Bonchev–Trinajstić information content (AvgIpc) is 2.54. The van der Waals surface area contributed by atoms with Crippen molar-refractivity contribution in [3.8, 4) is 0 Å². The molecule has 1 aromatic rings. The minimum atomic E-state index is -0.400. The largest absolute Gasteiger partial charge is 0.463 e. The first kappa shape index (κ1) is 13.0. The highest BCUT2D eigenvalue weighted by Gasteiger charge is 2.30. The summed E-state index contributed by atoms with van der Waals surface area (Å²) in [6.07, 6.45) is 6.15. The van der Waals surface area contributed by atoms with Crippen LogP contribution in [-0.2, 0) is 14.3 Å². The highest BCUT2D eigenvalue weighted by atomic mass is 16.6. The van der Waals surface area contributed by atoms with Crippen LogP contribution >= 0.6 is 0 Å². The van der Waals surface area contributed by atoms with E-state index in [0.717, 1.165) is 25.0 Å². The van der Waals surface area contributed by atoms with Gasteiger partial charge >= 0.3 is 5.97 Å². The second-order valence-corrected chi connectivity index (χ2v) is 5.17. The molecule has 1 heterocycles. The van der Waals surface area contributed by atoms with Crippen LogP contribution < -0.4 is 0 Å². The fourth-order valence-electron chi connectivity index (χ4n) is 2.93. The Labute approximate surface area is 118 Å². The van der Waals surface area contributed by atoms with Crippen LogP contribution in [0.3, 0.4) is 0 Å². The highest BCUT2D eigenvalue weighted by Crippen LogP contribution is 2.41. The monoisotopic (exact) mass is 270 g/mol. The maximum Gasteiger partial charge on any atom is 0.373 e. The third kappa shape index (κ3) is 2.36. The predicted molar refractivity (Wildman–Crippen MR) is 75.9 cm³/mol. The van der Waals surface area contributed by atoms with Crippen LogP contribution in [0.2, 0.25) is 0 Å². The van der Waals surface area contributed by atoms with Crippen molar-refractivity contribution in [2.75, 3.05) is 7.11 Å². The van der Waals surface area contributed by atoms with E-state index in [9.17, 15) is 4.79 Å². The summed E-state index contributed by atoms with van der Waals surface area (Å²) in [5, 5.41) is 0. The van der Waals surface area contributed by atoms with Crippen molar-refractivity contribution in [1.29, 1.82) is 0 Å². The van der Waals surface area contributed by atoms with Gasteiger partial charge in [0.2, 0.25) is 5.76 Å². The van der Waals surface area contributed by atoms with Gasteiger partial charge in [-0.05, 0) is 36.5 Å². The second kappa shape index (κ2) is 5.53. The Morgan fingerprint density at radius 3 is 2.70 bits per heavy atom. The summed E-state index contributed by atoms with van der Waals surface area (Å²) in [6.45, 7) is 0. The smallest absolute Gasteiger partial charge is 0.373 e. The lowest BCUT2D eigenvalue weighted by Gasteiger charge is -2.30. The first-order valence-corrected chi connectivity index (χ1v) is 7.04. The van der Waals surface area contributed by atoms with Crippen LogP contribution in [0.4, 0.5) is 0 Å². The molecule has 2 aliphatic rings. The van der Waals surface area contributed by atoms with E-state index in [1.807, 2.05) is 24.3 Å². The van der Waals surface area contributed by atoms with Crippen LogP contribution in [0.1, 0.15) is 37.2 Å². The molecular formula is C17H18O3. The van der Waals surface area contributed by atoms with Gasteiger partial charge in [-0.2, -0.15) is 0 Å². The van der Waals surface area contributed by atoms with Crippen LogP contribution in [0, 0.1) is 0 Å². The first-order valence-electron chi connectivity index (χ1n) is 7.04. The van der Waals surface area contributed by atoms with Crippen LogP contribution in [-0.4, -0.2) is 13.1 Å². The molecule has 0 aromatic heterocycles. The van der Waals surface area contributed by atoms with Gasteiger partial charge in [0, 0.05) is 12.3 Å². The Balaban J connectivity index is 2.01. The van der Waals surface area contributed by atoms with Crippen LogP contribution in [0.15, 0.2) is 53.5 Å². The summed E-state index contributed by atoms with van der Waals surface area (Å²) in [4.78, 5) is 11.8. The third-order valence-corrected chi connectivity index (χ3v) is 3.93. The maximum absolute atomic E-state index is 11.8. The lowest BCUT2D eigenvalue weighted by molar-refractivity contribution is -0.139. The van der Waals surface area contributed by atoms with Gasteiger partial charge in [0.15, 0.2) is 0 Å². The number of esters is 1. The van der Waals surface area contributed by atoms with Gasteiger partial charge in [-0.1, -0.05) is 30.3 Å². The molecule has 3 nitrogen and oxygen atoms in total. The Hall–Kier alpha value is -2.03. The third-order valence-electron chi connectivity index (χ3n) is 3.93. The molecule has 104 valence electrons. The zero-order chi connectivity index (χ0) is 13.9. The van der Waals surface area contributed by atoms with Crippen molar-refractivity contribution in [2.24, 2.45) is 0 Å². The van der Waals surface area contributed by atoms with Crippen molar-refractivity contribution < 1.29 is 14.3 Å². The molecule has 0 N–H and O–H groups in total. The normalized spacial score (nSPS) is 21.6. The van der Waals surface area contributed by atoms with Gasteiger partial charge < -0.3 is 9.47 Å². The van der Waals surface area contributed by atoms with Gasteiger partial charge in [-0.3, -0.25) is 0 Å². The van der Waals surface area contributed by atoms with Crippen molar-refractivity contribution in [3.05, 3.63) is 59.1 Å². The molecule has 1 atom stereocenters. The lowest BCUT2D eigenvalue weighted by atomic mass is 9.82. The molecule has 0 bridgehead atoms. The maximum atomic E-state index is 11.8. The van der Waals surface area contributed by atoms with E-state index >= 15 is 0 Å². The molecule has 3 rings (SSSR count). The zero-order valence-electron chi connectivity index (χ0n) is 11.6. The van der Waals surface area contributed by atoms with E-state index in [1.54, 1.807) is 0 Å². The minimum Gasteiger partial charge on any atom is -0.463 e. The molecule has 0 radical (unpaired) electrons. The van der Waals surface area contributed by atoms with Crippen LogP contribution in [0.5, 0.6) is 0 Å². The van der Waals surface area contributed by atoms with Gasteiger partial charge in [-0.25, -0.2) is 4.79 Å². The number of hydrogen-bond donors (Lipinski definition) is 0. The van der Waals surface area contributed by atoms with Crippen molar-refractivity contribution in [1.82, 2.24) is 0 Å². The van der Waals surface area contributed by atoms with E-state index < -0.39 is 5.97 Å². The molecule has 0 saturated heterocycles. The van der Waals surface area contributed by atoms with E-state index in [2.05, 4.69) is 12.1 Å². The summed E-state index contributed by atoms with van der Waals surface area (Å²) in [6, 6.07) is 10.3. The SMILES string of the molecule is COC(=O)C1=CC(c2ccccc2)C2=C(CCCC2)O1. The van der Waals surface area contributed by atoms with Gasteiger partial charge in [-0.15, -0.1) is 0 Å². The van der Waals surface area contributed by atoms with Gasteiger partial charge in [0.05, 0.1) is 7.11 Å². The zero-order valence-corrected chi connectivity index (χ0v) is 11.6. The average molecular weight is 270 g/mol. The lowest BCUT2D eigenvalue weighted by Crippen LogP contribution is -2.19. The number of carbonyl (C=O) groups excluding carboxylic acids is 1. The van der Waals surface area contributed by atoms with Crippen molar-refractivity contribution in [2.45, 2.75) is 31.6 Å². The van der Waals surface area contributed by atoms with Gasteiger partial charge in [0.25, 0.3) is 0 Å². The number of carbonyl (C=O) groups is 1. The van der Waals surface area contributed by atoms with E-state index in [-0.39, 0.29) is 5.92 Å². The number of allylic oxidation sites excluding steroid dienone is 3. The van der Waals surface area contributed by atoms with E-state index in [0.29, 0.717) is 5.76 Å². The topological polar surface area (TPSA) is 35.5 Å². The second-order valence-electron chi connectivity index (χ2n) is 5.17. The number of methoxy groups -OCH3 is 1. The summed E-state index contributed by atoms with van der Waals surface area (Å²) in [5.74, 6) is 1.02. The first-order chi connectivity index (χ1) is 9.79. The Kier molecular flexibility index (Phi) is 3.59. The van der Waals surface area contributed by atoms with Crippen LogP contribution in [0.25, 0.3) is 0 Å². The quantitative estimate of drug-likeness (QED) is 0.769. The van der Waals surface area contributed by atoms with E-state index in [1.165, 1.54) is 24.7 Å².